The van der Waals surface area contributed by atoms with Crippen LogP contribution < -0.4 is 0 Å². The second kappa shape index (κ2) is 4.24. The molecule has 1 N–H and O–H groups in total. The molecular formula is C14H16N2O. The van der Waals surface area contributed by atoms with E-state index in [4.69, 9.17) is 0 Å². The number of fused-ring (bicyclic) bond motifs is 1. The molecule has 1 saturated heterocycles. The maximum Gasteiger partial charge on any atom is 0.210 e. The van der Waals surface area contributed by atoms with Gasteiger partial charge in [0.25, 0.3) is 0 Å². The minimum Gasteiger partial charge on any atom is -0.361 e. The van der Waals surface area contributed by atoms with Gasteiger partial charge in [0.05, 0.1) is 6.04 Å². The van der Waals surface area contributed by atoms with Crippen molar-refractivity contribution in [2.75, 3.05) is 6.54 Å². The minimum absolute atomic E-state index is 0.264. The molecule has 3 heteroatoms. The number of hydrogen-bond donors (Lipinski definition) is 1. The Labute approximate surface area is 100 Å². The van der Waals surface area contributed by atoms with Gasteiger partial charge >= 0.3 is 0 Å². The van der Waals surface area contributed by atoms with Gasteiger partial charge in [0.1, 0.15) is 0 Å². The van der Waals surface area contributed by atoms with E-state index in [-0.39, 0.29) is 6.04 Å². The minimum atomic E-state index is 0.264. The summed E-state index contributed by atoms with van der Waals surface area (Å²) in [6.07, 6.45) is 6.36. The number of likely N-dealkylation sites (tertiary alicyclic amines) is 1. The average Bonchev–Trinajstić information content (AvgIpc) is 2.85. The molecule has 0 spiro atoms. The third-order valence-corrected chi connectivity index (χ3v) is 3.64. The van der Waals surface area contributed by atoms with E-state index in [9.17, 15) is 4.79 Å². The maximum absolute atomic E-state index is 11.1. The first-order valence-electron chi connectivity index (χ1n) is 6.16. The van der Waals surface area contributed by atoms with Gasteiger partial charge in [-0.2, -0.15) is 0 Å². The van der Waals surface area contributed by atoms with E-state index < -0.39 is 0 Å². The lowest BCUT2D eigenvalue weighted by Crippen LogP contribution is -2.32. The molecular weight excluding hydrogens is 212 g/mol. The smallest absolute Gasteiger partial charge is 0.210 e. The fourth-order valence-corrected chi connectivity index (χ4v) is 2.72. The van der Waals surface area contributed by atoms with E-state index in [1.54, 1.807) is 0 Å². The number of hydrogen-bond acceptors (Lipinski definition) is 1. The summed E-state index contributed by atoms with van der Waals surface area (Å²) in [5, 5.41) is 1.22. The highest BCUT2D eigenvalue weighted by molar-refractivity contribution is 5.80. The molecule has 2 aromatic rings. The Bertz CT molecular complexity index is 532. The van der Waals surface area contributed by atoms with E-state index in [0.29, 0.717) is 0 Å². The lowest BCUT2D eigenvalue weighted by atomic mass is 9.95. The SMILES string of the molecule is O=CN1CCCCC1c1ccc2[nH]ccc2c1. The van der Waals surface area contributed by atoms with Crippen molar-refractivity contribution in [1.82, 2.24) is 9.88 Å². The number of benzene rings is 1. The second-order valence-corrected chi connectivity index (χ2v) is 4.68. The van der Waals surface area contributed by atoms with Crippen LogP contribution in [0, 0.1) is 0 Å². The van der Waals surface area contributed by atoms with Crippen molar-refractivity contribution in [3.8, 4) is 0 Å². The number of aromatic nitrogens is 1. The van der Waals surface area contributed by atoms with Crippen LogP contribution in [-0.4, -0.2) is 22.8 Å². The van der Waals surface area contributed by atoms with Gasteiger partial charge in [-0.05, 0) is 48.4 Å². The molecule has 88 valence electrons. The van der Waals surface area contributed by atoms with Crippen molar-refractivity contribution in [2.24, 2.45) is 0 Å². The largest absolute Gasteiger partial charge is 0.361 e. The van der Waals surface area contributed by atoms with E-state index in [1.165, 1.54) is 17.4 Å². The molecule has 1 fully saturated rings. The van der Waals surface area contributed by atoms with E-state index >= 15 is 0 Å². The molecule has 3 nitrogen and oxygen atoms in total. The van der Waals surface area contributed by atoms with E-state index in [0.717, 1.165) is 31.3 Å². The van der Waals surface area contributed by atoms with Crippen LogP contribution in [0.4, 0.5) is 0 Å². The molecule has 1 atom stereocenters. The van der Waals surface area contributed by atoms with Crippen LogP contribution in [0.25, 0.3) is 10.9 Å². The van der Waals surface area contributed by atoms with Gasteiger partial charge in [-0.3, -0.25) is 4.79 Å². The Morgan fingerprint density at radius 3 is 3.12 bits per heavy atom. The van der Waals surface area contributed by atoms with Gasteiger partial charge in [0.15, 0.2) is 0 Å². The second-order valence-electron chi connectivity index (χ2n) is 4.68. The predicted octanol–water partition coefficient (Wildman–Crippen LogP) is 2.85. The van der Waals surface area contributed by atoms with Crippen molar-refractivity contribution >= 4 is 17.3 Å². The summed E-state index contributed by atoms with van der Waals surface area (Å²) in [6.45, 7) is 0.888. The standard InChI is InChI=1S/C14H16N2O/c17-10-16-8-2-1-3-14(16)12-4-5-13-11(9-12)6-7-15-13/h4-7,9-10,14-15H,1-3,8H2. The molecule has 1 aromatic carbocycles. The van der Waals surface area contributed by atoms with Gasteiger partial charge in [0.2, 0.25) is 6.41 Å². The highest BCUT2D eigenvalue weighted by Gasteiger charge is 2.22. The summed E-state index contributed by atoms with van der Waals surface area (Å²) >= 11 is 0. The third kappa shape index (κ3) is 1.82. The van der Waals surface area contributed by atoms with Crippen LogP contribution in [0.2, 0.25) is 0 Å². The predicted molar refractivity (Wildman–Crippen MR) is 67.7 cm³/mol. The molecule has 0 bridgehead atoms. The summed E-state index contributed by atoms with van der Waals surface area (Å²) in [5.74, 6) is 0. The van der Waals surface area contributed by atoms with Crippen molar-refractivity contribution in [2.45, 2.75) is 25.3 Å². The normalized spacial score (nSPS) is 20.7. The summed E-state index contributed by atoms with van der Waals surface area (Å²) < 4.78 is 0. The zero-order valence-electron chi connectivity index (χ0n) is 9.73. The summed E-state index contributed by atoms with van der Waals surface area (Å²) in [6, 6.07) is 8.76. The van der Waals surface area contributed by atoms with Crippen LogP contribution in [0.15, 0.2) is 30.5 Å². The third-order valence-electron chi connectivity index (χ3n) is 3.64. The first kappa shape index (κ1) is 10.4. The number of aromatic amines is 1. The molecule has 2 heterocycles. The number of carbonyl (C=O) groups is 1. The molecule has 17 heavy (non-hydrogen) atoms. The van der Waals surface area contributed by atoms with Gasteiger partial charge in [-0.15, -0.1) is 0 Å². The van der Waals surface area contributed by atoms with Gasteiger partial charge in [0, 0.05) is 18.3 Å². The van der Waals surface area contributed by atoms with E-state index in [1.807, 2.05) is 11.1 Å². The number of carbonyl (C=O) groups excluding carboxylic acids is 1. The highest BCUT2D eigenvalue weighted by Crippen LogP contribution is 2.31. The van der Waals surface area contributed by atoms with Gasteiger partial charge in [-0.25, -0.2) is 0 Å². The number of nitrogens with zero attached hydrogens (tertiary/aromatic N) is 1. The van der Waals surface area contributed by atoms with Gasteiger partial charge in [-0.1, -0.05) is 6.07 Å². The van der Waals surface area contributed by atoms with Crippen molar-refractivity contribution < 1.29 is 4.79 Å². The first-order chi connectivity index (χ1) is 8.38. The fraction of sp³-hybridized carbons (Fsp3) is 0.357. The van der Waals surface area contributed by atoms with Gasteiger partial charge < -0.3 is 9.88 Å². The lowest BCUT2D eigenvalue weighted by molar-refractivity contribution is -0.121. The molecule has 1 unspecified atom stereocenters. The zero-order chi connectivity index (χ0) is 11.7. The first-order valence-corrected chi connectivity index (χ1v) is 6.16. The maximum atomic E-state index is 11.1. The molecule has 0 aliphatic carbocycles. The number of rotatable bonds is 2. The number of nitrogens with one attached hydrogen (secondary N) is 1. The molecule has 3 rings (SSSR count). The monoisotopic (exact) mass is 228 g/mol. The summed E-state index contributed by atoms with van der Waals surface area (Å²) in [4.78, 5) is 16.2. The zero-order valence-corrected chi connectivity index (χ0v) is 9.73. The number of H-pyrrole nitrogens is 1. The lowest BCUT2D eigenvalue weighted by Gasteiger charge is -2.33. The van der Waals surface area contributed by atoms with E-state index in [2.05, 4.69) is 29.2 Å². The Morgan fingerprint density at radius 1 is 1.29 bits per heavy atom. The van der Waals surface area contributed by atoms with Crippen LogP contribution in [0.5, 0.6) is 0 Å². The number of amides is 1. The molecule has 1 aliphatic heterocycles. The quantitative estimate of drug-likeness (QED) is 0.788. The van der Waals surface area contributed by atoms with Crippen molar-refractivity contribution in [3.63, 3.8) is 0 Å². The van der Waals surface area contributed by atoms with Crippen molar-refractivity contribution in [3.05, 3.63) is 36.0 Å². The van der Waals surface area contributed by atoms with Crippen LogP contribution >= 0.6 is 0 Å². The molecule has 1 aromatic heterocycles. The molecule has 0 saturated carbocycles. The summed E-state index contributed by atoms with van der Waals surface area (Å²) in [7, 11) is 0. The van der Waals surface area contributed by atoms with Crippen LogP contribution in [0.1, 0.15) is 30.9 Å². The topological polar surface area (TPSA) is 36.1 Å². The Kier molecular flexibility index (Phi) is 2.59. The fourth-order valence-electron chi connectivity index (χ4n) is 2.72. The molecule has 0 radical (unpaired) electrons. The number of piperidine rings is 1. The Balaban J connectivity index is 1.97. The molecule has 1 amide bonds. The van der Waals surface area contributed by atoms with Crippen LogP contribution in [0.3, 0.4) is 0 Å². The average molecular weight is 228 g/mol. The highest BCUT2D eigenvalue weighted by atomic mass is 16.1. The van der Waals surface area contributed by atoms with Crippen molar-refractivity contribution in [1.29, 1.82) is 0 Å². The van der Waals surface area contributed by atoms with Crippen LogP contribution in [-0.2, 0) is 4.79 Å². The molecule has 1 aliphatic rings. The summed E-state index contributed by atoms with van der Waals surface area (Å²) in [5.41, 5.74) is 2.41. The Morgan fingerprint density at radius 2 is 2.24 bits per heavy atom. The Hall–Kier alpha value is -1.77.